The highest BCUT2D eigenvalue weighted by Crippen LogP contribution is 2.06. The van der Waals surface area contributed by atoms with Gasteiger partial charge in [0.2, 0.25) is 0 Å². The number of hydrogen-bond acceptors (Lipinski definition) is 2. The second kappa shape index (κ2) is 7.07. The molecule has 0 fully saturated rings. The highest BCUT2D eigenvalue weighted by molar-refractivity contribution is 5.15. The molecule has 0 heterocycles. The predicted octanol–water partition coefficient (Wildman–Crippen LogP) is 3.21. The van der Waals surface area contributed by atoms with E-state index < -0.39 is 0 Å². The second-order valence-electron chi connectivity index (χ2n) is 5.14. The average molecular weight is 254 g/mol. The van der Waals surface area contributed by atoms with Crippen LogP contribution < -0.4 is 0 Å². The van der Waals surface area contributed by atoms with Crippen molar-refractivity contribution in [3.8, 4) is 0 Å². The molecule has 0 amide bonds. The van der Waals surface area contributed by atoms with Crippen LogP contribution >= 0.6 is 0 Å². The lowest BCUT2D eigenvalue weighted by atomic mass is 10.2. The molecular weight excluding hydrogens is 232 g/mol. The smallest absolute Gasteiger partial charge is 0.0507 e. The van der Waals surface area contributed by atoms with Crippen molar-refractivity contribution in [3.05, 3.63) is 71.8 Å². The van der Waals surface area contributed by atoms with Gasteiger partial charge in [-0.1, -0.05) is 60.7 Å². The van der Waals surface area contributed by atoms with Gasteiger partial charge in [0.25, 0.3) is 0 Å². The maximum Gasteiger partial charge on any atom is 0.0507 e. The Morgan fingerprint density at radius 1 is 0.632 bits per heavy atom. The number of hydrogen-bond donors (Lipinski definition) is 0. The van der Waals surface area contributed by atoms with Crippen molar-refractivity contribution in [1.29, 1.82) is 0 Å². The Hall–Kier alpha value is -1.64. The van der Waals surface area contributed by atoms with Crippen molar-refractivity contribution < 1.29 is 0 Å². The van der Waals surface area contributed by atoms with Gasteiger partial charge in [0.15, 0.2) is 0 Å². The molecule has 2 rings (SSSR count). The van der Waals surface area contributed by atoms with Gasteiger partial charge in [-0.2, -0.15) is 0 Å². The second-order valence-corrected chi connectivity index (χ2v) is 5.14. The van der Waals surface area contributed by atoms with Gasteiger partial charge in [0.05, 0.1) is 6.67 Å². The molecule has 0 saturated heterocycles. The van der Waals surface area contributed by atoms with Crippen molar-refractivity contribution in [2.24, 2.45) is 0 Å². The molecule has 2 nitrogen and oxygen atoms in total. The van der Waals surface area contributed by atoms with Gasteiger partial charge in [-0.15, -0.1) is 0 Å². The zero-order chi connectivity index (χ0) is 13.5. The first-order valence-electron chi connectivity index (χ1n) is 6.69. The SMILES string of the molecule is CN(Cc1ccccc1)CN(C)Cc1ccccc1. The summed E-state index contributed by atoms with van der Waals surface area (Å²) < 4.78 is 0. The summed E-state index contributed by atoms with van der Waals surface area (Å²) in [6.07, 6.45) is 0. The summed E-state index contributed by atoms with van der Waals surface area (Å²) in [5, 5.41) is 0. The highest BCUT2D eigenvalue weighted by Gasteiger charge is 2.04. The lowest BCUT2D eigenvalue weighted by molar-refractivity contribution is 0.171. The van der Waals surface area contributed by atoms with Crippen molar-refractivity contribution in [3.63, 3.8) is 0 Å². The lowest BCUT2D eigenvalue weighted by Gasteiger charge is -2.24. The van der Waals surface area contributed by atoms with E-state index in [1.54, 1.807) is 0 Å². The van der Waals surface area contributed by atoms with E-state index in [4.69, 9.17) is 0 Å². The van der Waals surface area contributed by atoms with Crippen LogP contribution in [0.2, 0.25) is 0 Å². The van der Waals surface area contributed by atoms with Crippen LogP contribution in [0, 0.1) is 0 Å². The fourth-order valence-electron chi connectivity index (χ4n) is 2.30. The summed E-state index contributed by atoms with van der Waals surface area (Å²) in [6.45, 7) is 2.93. The van der Waals surface area contributed by atoms with Crippen LogP contribution in [0.15, 0.2) is 60.7 Å². The van der Waals surface area contributed by atoms with Gasteiger partial charge >= 0.3 is 0 Å². The Bertz CT molecular complexity index is 422. The molecule has 0 atom stereocenters. The first-order valence-corrected chi connectivity index (χ1v) is 6.69. The number of benzene rings is 2. The molecule has 2 aromatic carbocycles. The van der Waals surface area contributed by atoms with E-state index in [0.29, 0.717) is 0 Å². The molecule has 0 aliphatic heterocycles. The topological polar surface area (TPSA) is 6.48 Å². The van der Waals surface area contributed by atoms with Crippen molar-refractivity contribution >= 4 is 0 Å². The minimum atomic E-state index is 0.962. The zero-order valence-corrected chi connectivity index (χ0v) is 11.8. The molecule has 0 radical (unpaired) electrons. The number of rotatable bonds is 6. The van der Waals surface area contributed by atoms with Crippen LogP contribution in [0.25, 0.3) is 0 Å². The molecular formula is C17H22N2. The number of nitrogens with zero attached hydrogens (tertiary/aromatic N) is 2. The summed E-state index contributed by atoms with van der Waals surface area (Å²) >= 11 is 0. The Morgan fingerprint density at radius 3 is 1.37 bits per heavy atom. The van der Waals surface area contributed by atoms with Gasteiger partial charge < -0.3 is 0 Å². The van der Waals surface area contributed by atoms with Crippen molar-refractivity contribution in [1.82, 2.24) is 9.80 Å². The van der Waals surface area contributed by atoms with Gasteiger partial charge in [-0.25, -0.2) is 0 Å². The van der Waals surface area contributed by atoms with E-state index in [0.717, 1.165) is 19.8 Å². The molecule has 0 aromatic heterocycles. The summed E-state index contributed by atoms with van der Waals surface area (Å²) in [5.74, 6) is 0. The third-order valence-electron chi connectivity index (χ3n) is 3.07. The first kappa shape index (κ1) is 13.8. The maximum atomic E-state index is 2.33. The third kappa shape index (κ3) is 4.86. The fraction of sp³-hybridized carbons (Fsp3) is 0.294. The third-order valence-corrected chi connectivity index (χ3v) is 3.07. The van der Waals surface area contributed by atoms with Crippen LogP contribution in [0.5, 0.6) is 0 Å². The normalized spacial score (nSPS) is 11.2. The van der Waals surface area contributed by atoms with E-state index in [1.807, 2.05) is 0 Å². The highest BCUT2D eigenvalue weighted by atomic mass is 15.3. The quantitative estimate of drug-likeness (QED) is 0.730. The standard InChI is InChI=1S/C17H22N2/c1-18(13-16-9-5-3-6-10-16)15-19(2)14-17-11-7-4-8-12-17/h3-12H,13-15H2,1-2H3. The van der Waals surface area contributed by atoms with Gasteiger partial charge in [0.1, 0.15) is 0 Å². The van der Waals surface area contributed by atoms with Crippen LogP contribution in [-0.2, 0) is 13.1 Å². The molecule has 0 aliphatic carbocycles. The monoisotopic (exact) mass is 254 g/mol. The molecule has 0 bridgehead atoms. The van der Waals surface area contributed by atoms with Crippen LogP contribution in [0.1, 0.15) is 11.1 Å². The Morgan fingerprint density at radius 2 is 1.00 bits per heavy atom. The van der Waals surface area contributed by atoms with E-state index in [9.17, 15) is 0 Å². The molecule has 2 heteroatoms. The Balaban J connectivity index is 1.80. The summed E-state index contributed by atoms with van der Waals surface area (Å²) in [5.41, 5.74) is 2.72. The van der Waals surface area contributed by atoms with Crippen molar-refractivity contribution in [2.75, 3.05) is 20.8 Å². The molecule has 0 spiro atoms. The molecule has 0 saturated carbocycles. The molecule has 0 unspecified atom stereocenters. The summed E-state index contributed by atoms with van der Waals surface area (Å²) in [6, 6.07) is 21.2. The average Bonchev–Trinajstić information content (AvgIpc) is 2.40. The van der Waals surface area contributed by atoms with E-state index in [2.05, 4.69) is 84.6 Å². The van der Waals surface area contributed by atoms with Gasteiger partial charge in [0, 0.05) is 13.1 Å². The predicted molar refractivity (Wildman–Crippen MR) is 80.7 cm³/mol. The van der Waals surface area contributed by atoms with Crippen LogP contribution in [0.4, 0.5) is 0 Å². The lowest BCUT2D eigenvalue weighted by Crippen LogP contribution is -2.32. The van der Waals surface area contributed by atoms with Crippen LogP contribution in [0.3, 0.4) is 0 Å². The minimum absolute atomic E-state index is 0.962. The van der Waals surface area contributed by atoms with Gasteiger partial charge in [-0.05, 0) is 25.2 Å². The zero-order valence-electron chi connectivity index (χ0n) is 11.8. The van der Waals surface area contributed by atoms with E-state index in [1.165, 1.54) is 11.1 Å². The summed E-state index contributed by atoms with van der Waals surface area (Å²) in [7, 11) is 4.32. The summed E-state index contributed by atoms with van der Waals surface area (Å²) in [4.78, 5) is 4.66. The van der Waals surface area contributed by atoms with E-state index in [-0.39, 0.29) is 0 Å². The first-order chi connectivity index (χ1) is 9.24. The molecule has 0 N–H and O–H groups in total. The molecule has 100 valence electrons. The Kier molecular flexibility index (Phi) is 5.13. The van der Waals surface area contributed by atoms with Crippen molar-refractivity contribution in [2.45, 2.75) is 13.1 Å². The molecule has 0 aliphatic rings. The molecule has 19 heavy (non-hydrogen) atoms. The largest absolute Gasteiger partial charge is 0.289 e. The van der Waals surface area contributed by atoms with Crippen LogP contribution in [-0.4, -0.2) is 30.6 Å². The Labute approximate surface area is 116 Å². The molecule has 2 aromatic rings. The van der Waals surface area contributed by atoms with E-state index >= 15 is 0 Å². The minimum Gasteiger partial charge on any atom is -0.289 e. The maximum absolute atomic E-state index is 2.33. The fourth-order valence-corrected chi connectivity index (χ4v) is 2.30. The van der Waals surface area contributed by atoms with Gasteiger partial charge in [-0.3, -0.25) is 9.80 Å².